The fraction of sp³-hybridized carbons (Fsp3) is 0.542. The van der Waals surface area contributed by atoms with E-state index in [1.165, 1.54) is 24.6 Å². The molecule has 1 aliphatic carbocycles. The highest BCUT2D eigenvalue weighted by Gasteiger charge is 2.32. The average Bonchev–Trinajstić information content (AvgIpc) is 3.14. The van der Waals surface area contributed by atoms with Crippen molar-refractivity contribution < 1.29 is 22.7 Å². The van der Waals surface area contributed by atoms with E-state index < -0.39 is 12.4 Å². The molecule has 1 fully saturated rings. The summed E-state index contributed by atoms with van der Waals surface area (Å²) < 4.78 is 40.7. The molecule has 0 saturated carbocycles. The summed E-state index contributed by atoms with van der Waals surface area (Å²) in [5.41, 5.74) is 1.25. The molecule has 0 aromatic heterocycles. The van der Waals surface area contributed by atoms with Crippen molar-refractivity contribution in [3.05, 3.63) is 60.4 Å². The first kappa shape index (κ1) is 25.8. The average molecular weight is 454 g/mol. The van der Waals surface area contributed by atoms with Crippen LogP contribution in [0.4, 0.5) is 18.0 Å². The van der Waals surface area contributed by atoms with Crippen LogP contribution in [-0.4, -0.2) is 60.5 Å². The number of nitrogens with one attached hydrogen (secondary N) is 1. The van der Waals surface area contributed by atoms with E-state index in [1.54, 1.807) is 4.90 Å². The summed E-state index contributed by atoms with van der Waals surface area (Å²) in [6.07, 6.45) is 12.0. The lowest BCUT2D eigenvalue weighted by atomic mass is 10.1. The maximum Gasteiger partial charge on any atom is 0.572 e. The number of likely N-dealkylation sites (N-methyl/N-ethyl adjacent to an activating group) is 1. The van der Waals surface area contributed by atoms with Gasteiger partial charge in [0.2, 0.25) is 0 Å². The van der Waals surface area contributed by atoms with E-state index in [4.69, 9.17) is 0 Å². The Morgan fingerprint density at radius 2 is 2.16 bits per heavy atom. The number of allylic oxidation sites excluding steroid dienone is 5. The lowest BCUT2D eigenvalue weighted by Crippen LogP contribution is -2.49. The highest BCUT2D eigenvalue weighted by Crippen LogP contribution is 2.21. The Morgan fingerprint density at radius 1 is 1.41 bits per heavy atom. The third-order valence-corrected chi connectivity index (χ3v) is 5.50. The number of nitrogens with zero attached hydrogens (tertiary/aromatic N) is 2. The maximum atomic E-state index is 12.9. The van der Waals surface area contributed by atoms with E-state index in [9.17, 15) is 18.0 Å². The highest BCUT2D eigenvalue weighted by molar-refractivity contribution is 5.75. The number of urea groups is 1. The fourth-order valence-corrected chi connectivity index (χ4v) is 3.88. The van der Waals surface area contributed by atoms with Crippen molar-refractivity contribution in [2.24, 2.45) is 0 Å². The highest BCUT2D eigenvalue weighted by atomic mass is 19.4. The molecule has 2 rings (SSSR count). The van der Waals surface area contributed by atoms with Gasteiger partial charge < -0.3 is 15.0 Å². The number of carbonyl (C=O) groups is 1. The molecule has 0 spiro atoms. The summed E-state index contributed by atoms with van der Waals surface area (Å²) in [6, 6.07) is -0.636. The molecule has 1 aliphatic heterocycles. The number of ether oxygens (including phenoxy) is 1. The molecule has 178 valence electrons. The summed E-state index contributed by atoms with van der Waals surface area (Å²) in [5.74, 6) is -0.259. The second-order valence-corrected chi connectivity index (χ2v) is 8.00. The van der Waals surface area contributed by atoms with Crippen molar-refractivity contribution in [1.29, 1.82) is 0 Å². The Hall–Kier alpha value is -2.48. The first-order valence-electron chi connectivity index (χ1n) is 11.1. The van der Waals surface area contributed by atoms with Crippen LogP contribution in [0, 0.1) is 0 Å². The summed E-state index contributed by atoms with van der Waals surface area (Å²) in [7, 11) is 0. The lowest BCUT2D eigenvalue weighted by molar-refractivity contribution is -0.305. The normalized spacial score (nSPS) is 20.8. The molecule has 1 heterocycles. The van der Waals surface area contributed by atoms with Crippen LogP contribution in [0.15, 0.2) is 60.4 Å². The predicted molar refractivity (Wildman–Crippen MR) is 121 cm³/mol. The molecule has 0 bridgehead atoms. The van der Waals surface area contributed by atoms with E-state index in [0.717, 1.165) is 38.9 Å². The number of rotatable bonds is 9. The SMILES string of the molecule is C=CC(CC=C(C)OC(F)(F)F)NC(=O)N(CC)C1CCN(CC2=CC=CCCC=C2)C1. The van der Waals surface area contributed by atoms with Gasteiger partial charge >= 0.3 is 12.4 Å². The van der Waals surface area contributed by atoms with E-state index in [2.05, 4.69) is 51.9 Å². The molecular weight excluding hydrogens is 419 g/mol. The topological polar surface area (TPSA) is 44.8 Å². The van der Waals surface area contributed by atoms with Gasteiger partial charge in [-0.15, -0.1) is 19.8 Å². The van der Waals surface area contributed by atoms with Crippen molar-refractivity contribution in [3.8, 4) is 0 Å². The Kier molecular flexibility index (Phi) is 10.1. The van der Waals surface area contributed by atoms with Crippen LogP contribution in [0.1, 0.15) is 39.5 Å². The molecule has 2 atom stereocenters. The summed E-state index contributed by atoms with van der Waals surface area (Å²) in [4.78, 5) is 17.0. The van der Waals surface area contributed by atoms with Crippen molar-refractivity contribution in [3.63, 3.8) is 0 Å². The van der Waals surface area contributed by atoms with Gasteiger partial charge in [0.15, 0.2) is 0 Å². The molecule has 2 unspecified atom stereocenters. The fourth-order valence-electron chi connectivity index (χ4n) is 3.88. The number of hydrogen-bond acceptors (Lipinski definition) is 3. The third kappa shape index (κ3) is 8.94. The van der Waals surface area contributed by atoms with Crippen LogP contribution >= 0.6 is 0 Å². The zero-order chi connectivity index (χ0) is 23.6. The van der Waals surface area contributed by atoms with Crippen molar-refractivity contribution >= 4 is 6.03 Å². The largest absolute Gasteiger partial charge is 0.572 e. The Morgan fingerprint density at radius 3 is 2.84 bits per heavy atom. The predicted octanol–water partition coefficient (Wildman–Crippen LogP) is 5.31. The van der Waals surface area contributed by atoms with Gasteiger partial charge in [-0.2, -0.15) is 0 Å². The molecule has 0 radical (unpaired) electrons. The van der Waals surface area contributed by atoms with Gasteiger partial charge in [0.25, 0.3) is 0 Å². The molecule has 2 amide bonds. The van der Waals surface area contributed by atoms with Gasteiger partial charge in [-0.1, -0.05) is 36.5 Å². The van der Waals surface area contributed by atoms with Crippen molar-refractivity contribution in [1.82, 2.24) is 15.1 Å². The molecule has 5 nitrogen and oxygen atoms in total. The van der Waals surface area contributed by atoms with E-state index in [-0.39, 0.29) is 24.3 Å². The monoisotopic (exact) mass is 453 g/mol. The number of alkyl halides is 3. The standard InChI is InChI=1S/C24H34F3N3O2/c1-4-21(14-13-19(3)32-24(25,26)27)28-23(31)30(5-2)22-15-16-29(18-22)17-20-11-9-7-6-8-10-12-20/h4,7,9-13,21-22H,1,5-6,8,14-18H2,2-3H3,(H,28,31). The smallest absolute Gasteiger partial charge is 0.411 e. The molecule has 2 aliphatic rings. The van der Waals surface area contributed by atoms with E-state index in [1.807, 2.05) is 6.92 Å². The second-order valence-electron chi connectivity index (χ2n) is 8.00. The summed E-state index contributed by atoms with van der Waals surface area (Å²) in [5, 5.41) is 2.86. The van der Waals surface area contributed by atoms with Gasteiger partial charge in [-0.25, -0.2) is 4.79 Å². The Bertz CT molecular complexity index is 756. The Balaban J connectivity index is 1.89. The molecular formula is C24H34F3N3O2. The molecule has 1 saturated heterocycles. The lowest BCUT2D eigenvalue weighted by Gasteiger charge is -2.29. The second kappa shape index (κ2) is 12.5. The maximum absolute atomic E-state index is 12.9. The quantitative estimate of drug-likeness (QED) is 0.380. The minimum Gasteiger partial charge on any atom is -0.411 e. The van der Waals surface area contributed by atoms with Crippen molar-refractivity contribution in [2.75, 3.05) is 26.2 Å². The van der Waals surface area contributed by atoms with Crippen LogP contribution in [0.3, 0.4) is 0 Å². The number of halogens is 3. The zero-order valence-corrected chi connectivity index (χ0v) is 18.9. The first-order valence-corrected chi connectivity index (χ1v) is 11.1. The van der Waals surface area contributed by atoms with Crippen LogP contribution in [-0.2, 0) is 4.74 Å². The third-order valence-electron chi connectivity index (χ3n) is 5.50. The molecule has 1 N–H and O–H groups in total. The molecule has 0 aromatic rings. The summed E-state index contributed by atoms with van der Waals surface area (Å²) in [6.45, 7) is 9.93. The van der Waals surface area contributed by atoms with E-state index in [0.29, 0.717) is 6.54 Å². The minimum atomic E-state index is -4.72. The minimum absolute atomic E-state index is 0.0879. The number of hydrogen-bond donors (Lipinski definition) is 1. The summed E-state index contributed by atoms with van der Waals surface area (Å²) >= 11 is 0. The van der Waals surface area contributed by atoms with Crippen molar-refractivity contribution in [2.45, 2.75) is 58.0 Å². The van der Waals surface area contributed by atoms with Crippen LogP contribution < -0.4 is 5.32 Å². The van der Waals surface area contributed by atoms with Gasteiger partial charge in [0.05, 0.1) is 11.8 Å². The first-order chi connectivity index (χ1) is 15.2. The van der Waals surface area contributed by atoms with Gasteiger partial charge in [0, 0.05) is 32.2 Å². The van der Waals surface area contributed by atoms with Crippen LogP contribution in [0.25, 0.3) is 0 Å². The van der Waals surface area contributed by atoms with Gasteiger partial charge in [-0.05, 0) is 51.2 Å². The zero-order valence-electron chi connectivity index (χ0n) is 18.9. The van der Waals surface area contributed by atoms with Gasteiger partial charge in [-0.3, -0.25) is 4.90 Å². The van der Waals surface area contributed by atoms with Crippen LogP contribution in [0.5, 0.6) is 0 Å². The molecule has 8 heteroatoms. The van der Waals surface area contributed by atoms with E-state index >= 15 is 0 Å². The molecule has 0 aromatic carbocycles. The Labute approximate surface area is 189 Å². The molecule has 32 heavy (non-hydrogen) atoms. The van der Waals surface area contributed by atoms with Gasteiger partial charge in [0.1, 0.15) is 0 Å². The number of carbonyl (C=O) groups excluding carboxylic acids is 1. The number of likely N-dealkylation sites (tertiary alicyclic amines) is 1. The van der Waals surface area contributed by atoms with Crippen LogP contribution in [0.2, 0.25) is 0 Å². The number of amides is 2.